The average Bonchev–Trinajstić information content (AvgIpc) is 2.76. The fraction of sp³-hybridized carbons (Fsp3) is 0.545. The Morgan fingerprint density at radius 3 is 2.22 bits per heavy atom. The molecule has 0 aromatic heterocycles. The number of nitrogens with zero attached hydrogens (tertiary/aromatic N) is 2. The maximum Gasteiger partial charge on any atom is 0.349 e. The van der Waals surface area contributed by atoms with Crippen LogP contribution in [0.4, 0.5) is 4.79 Å². The van der Waals surface area contributed by atoms with Crippen LogP contribution in [0.3, 0.4) is 0 Å². The fourth-order valence-corrected chi connectivity index (χ4v) is 2.71. The minimum atomic E-state index is -1.06. The lowest BCUT2D eigenvalue weighted by molar-refractivity contribution is -0.153. The number of nitrogens with one attached hydrogen (secondary N) is 2. The highest BCUT2D eigenvalue weighted by atomic mass is 16.5. The lowest BCUT2D eigenvalue weighted by Gasteiger charge is -2.21. The molecule has 0 radical (unpaired) electrons. The van der Waals surface area contributed by atoms with E-state index < -0.39 is 23.9 Å². The number of ether oxygens (including phenoxy) is 1. The van der Waals surface area contributed by atoms with Crippen molar-refractivity contribution < 1.29 is 29.1 Å². The number of rotatable bonds is 11. The molecule has 0 aliphatic rings. The smallest absolute Gasteiger partial charge is 0.349 e. The first-order chi connectivity index (χ1) is 15.0. The number of benzene rings is 1. The molecule has 10 heteroatoms. The van der Waals surface area contributed by atoms with Crippen molar-refractivity contribution in [2.24, 2.45) is 5.92 Å². The second-order valence-corrected chi connectivity index (χ2v) is 8.03. The summed E-state index contributed by atoms with van der Waals surface area (Å²) in [5, 5.41) is 14.8. The zero-order chi connectivity index (χ0) is 24.3. The number of hydrogen-bond acceptors (Lipinski definition) is 6. The normalized spacial score (nSPS) is 11.5. The van der Waals surface area contributed by atoms with Gasteiger partial charge < -0.3 is 20.3 Å². The van der Waals surface area contributed by atoms with E-state index >= 15 is 0 Å². The predicted molar refractivity (Wildman–Crippen MR) is 118 cm³/mol. The summed E-state index contributed by atoms with van der Waals surface area (Å²) in [6.07, 6.45) is 1.50. The molecule has 178 valence electrons. The molecule has 0 unspecified atom stereocenters. The van der Waals surface area contributed by atoms with Gasteiger partial charge in [0.25, 0.3) is 11.8 Å². The third-order valence-electron chi connectivity index (χ3n) is 4.69. The van der Waals surface area contributed by atoms with E-state index in [-0.39, 0.29) is 30.4 Å². The van der Waals surface area contributed by atoms with E-state index in [1.54, 1.807) is 38.4 Å². The van der Waals surface area contributed by atoms with Gasteiger partial charge in [0.2, 0.25) is 5.91 Å². The van der Waals surface area contributed by atoms with Crippen molar-refractivity contribution in [2.75, 3.05) is 27.7 Å². The number of carbonyl (C=O) groups excluding carboxylic acids is 4. The zero-order valence-electron chi connectivity index (χ0n) is 19.4. The van der Waals surface area contributed by atoms with Gasteiger partial charge in [-0.3, -0.25) is 19.6 Å². The number of imide groups is 1. The van der Waals surface area contributed by atoms with Gasteiger partial charge >= 0.3 is 6.03 Å². The lowest BCUT2D eigenvalue weighted by Crippen LogP contribution is -2.52. The van der Waals surface area contributed by atoms with Gasteiger partial charge in [-0.05, 0) is 30.0 Å². The Morgan fingerprint density at radius 2 is 1.69 bits per heavy atom. The highest BCUT2D eigenvalue weighted by Gasteiger charge is 2.26. The van der Waals surface area contributed by atoms with Crippen molar-refractivity contribution in [1.29, 1.82) is 0 Å². The van der Waals surface area contributed by atoms with Gasteiger partial charge in [-0.25, -0.2) is 4.79 Å². The standard InChI is InChI=1S/C22H34N4O6/c1-15(2)7-6-8-19(27)26(31)22(30)24-18(21(29)23-3)13-16-9-11-17(12-10-16)32-14-20(28)25(4)5/h9-12,15,18,31H,6-8,13-14H2,1-5H3,(H,23,29)(H,24,30)/t18-/m0/s1. The first-order valence-corrected chi connectivity index (χ1v) is 10.5. The van der Waals surface area contributed by atoms with E-state index in [0.29, 0.717) is 23.7 Å². The van der Waals surface area contributed by atoms with Crippen molar-refractivity contribution in [3.05, 3.63) is 29.8 Å². The van der Waals surface area contributed by atoms with Crippen LogP contribution in [0.1, 0.15) is 38.7 Å². The van der Waals surface area contributed by atoms with Crippen LogP contribution in [0.5, 0.6) is 5.75 Å². The van der Waals surface area contributed by atoms with Gasteiger partial charge in [0.05, 0.1) is 0 Å². The average molecular weight is 451 g/mol. The molecule has 0 saturated heterocycles. The van der Waals surface area contributed by atoms with Crippen molar-refractivity contribution in [2.45, 2.75) is 45.6 Å². The summed E-state index contributed by atoms with van der Waals surface area (Å²) in [5.74, 6) is -0.489. The van der Waals surface area contributed by atoms with Gasteiger partial charge in [-0.1, -0.05) is 32.4 Å². The van der Waals surface area contributed by atoms with Gasteiger partial charge in [0, 0.05) is 34.0 Å². The van der Waals surface area contributed by atoms with Gasteiger partial charge in [0.15, 0.2) is 6.61 Å². The molecule has 5 amide bonds. The van der Waals surface area contributed by atoms with Crippen LogP contribution in [0, 0.1) is 5.92 Å². The summed E-state index contributed by atoms with van der Waals surface area (Å²) in [4.78, 5) is 49.5. The monoisotopic (exact) mass is 450 g/mol. The molecule has 0 aliphatic heterocycles. The summed E-state index contributed by atoms with van der Waals surface area (Å²) >= 11 is 0. The number of likely N-dealkylation sites (N-methyl/N-ethyl adjacent to an activating group) is 2. The molecule has 0 fully saturated rings. The van der Waals surface area contributed by atoms with E-state index in [2.05, 4.69) is 10.6 Å². The zero-order valence-corrected chi connectivity index (χ0v) is 19.4. The van der Waals surface area contributed by atoms with Gasteiger partial charge in [-0.15, -0.1) is 5.06 Å². The molecule has 0 saturated carbocycles. The van der Waals surface area contributed by atoms with E-state index in [0.717, 1.165) is 6.42 Å². The van der Waals surface area contributed by atoms with Gasteiger partial charge in [-0.2, -0.15) is 0 Å². The Hall–Kier alpha value is -3.14. The van der Waals surface area contributed by atoms with Gasteiger partial charge in [0.1, 0.15) is 11.8 Å². The highest BCUT2D eigenvalue weighted by molar-refractivity contribution is 5.95. The van der Waals surface area contributed by atoms with Crippen molar-refractivity contribution in [3.63, 3.8) is 0 Å². The fourth-order valence-electron chi connectivity index (χ4n) is 2.71. The molecular weight excluding hydrogens is 416 g/mol. The van der Waals surface area contributed by atoms with E-state index in [1.807, 2.05) is 13.8 Å². The molecular formula is C22H34N4O6. The molecule has 1 rings (SSSR count). The highest BCUT2D eigenvalue weighted by Crippen LogP contribution is 2.14. The first kappa shape index (κ1) is 26.9. The van der Waals surface area contributed by atoms with Crippen LogP contribution in [0.2, 0.25) is 0 Å². The third kappa shape index (κ3) is 9.34. The van der Waals surface area contributed by atoms with Crippen molar-refractivity contribution in [1.82, 2.24) is 20.6 Å². The summed E-state index contributed by atoms with van der Waals surface area (Å²) in [7, 11) is 4.69. The van der Waals surface area contributed by atoms with Crippen LogP contribution >= 0.6 is 0 Å². The van der Waals surface area contributed by atoms with E-state index in [9.17, 15) is 24.4 Å². The van der Waals surface area contributed by atoms with E-state index in [1.165, 1.54) is 11.9 Å². The van der Waals surface area contributed by atoms with Crippen molar-refractivity contribution >= 4 is 23.8 Å². The number of hydrogen-bond donors (Lipinski definition) is 3. The summed E-state index contributed by atoms with van der Waals surface area (Å²) in [6.45, 7) is 3.94. The molecule has 0 spiro atoms. The molecule has 3 N–H and O–H groups in total. The largest absolute Gasteiger partial charge is 0.484 e. The molecule has 0 aliphatic carbocycles. The Kier molecular flexibility index (Phi) is 11.2. The van der Waals surface area contributed by atoms with Crippen LogP contribution in [-0.4, -0.2) is 72.7 Å². The number of carbonyl (C=O) groups is 4. The number of urea groups is 1. The first-order valence-electron chi connectivity index (χ1n) is 10.5. The summed E-state index contributed by atoms with van der Waals surface area (Å²) in [6, 6.07) is 4.63. The van der Waals surface area contributed by atoms with Crippen LogP contribution in [0.15, 0.2) is 24.3 Å². The quantitative estimate of drug-likeness (QED) is 0.347. The minimum absolute atomic E-state index is 0.0228. The molecule has 0 bridgehead atoms. The second kappa shape index (κ2) is 13.3. The third-order valence-corrected chi connectivity index (χ3v) is 4.69. The predicted octanol–water partition coefficient (Wildman–Crippen LogP) is 1.56. The van der Waals surface area contributed by atoms with Crippen LogP contribution in [0.25, 0.3) is 0 Å². The Bertz CT molecular complexity index is 779. The molecule has 0 heterocycles. The van der Waals surface area contributed by atoms with E-state index in [4.69, 9.17) is 4.74 Å². The molecule has 1 atom stereocenters. The van der Waals surface area contributed by atoms with Crippen LogP contribution < -0.4 is 15.4 Å². The Labute approximate surface area is 188 Å². The van der Waals surface area contributed by atoms with Crippen LogP contribution in [-0.2, 0) is 20.8 Å². The second-order valence-electron chi connectivity index (χ2n) is 8.03. The SMILES string of the molecule is CNC(=O)[C@H](Cc1ccc(OCC(=O)N(C)C)cc1)NC(=O)N(O)C(=O)CCCC(C)C. The Morgan fingerprint density at radius 1 is 1.06 bits per heavy atom. The number of hydroxylamine groups is 2. The lowest BCUT2D eigenvalue weighted by atomic mass is 10.1. The molecule has 1 aromatic carbocycles. The summed E-state index contributed by atoms with van der Waals surface area (Å²) in [5.41, 5.74) is 0.706. The molecule has 10 nitrogen and oxygen atoms in total. The minimum Gasteiger partial charge on any atom is -0.484 e. The number of amides is 5. The molecule has 32 heavy (non-hydrogen) atoms. The maximum absolute atomic E-state index is 12.3. The summed E-state index contributed by atoms with van der Waals surface area (Å²) < 4.78 is 5.41. The Balaban J connectivity index is 2.70. The maximum atomic E-state index is 12.3. The molecule has 1 aromatic rings. The van der Waals surface area contributed by atoms with Crippen molar-refractivity contribution in [3.8, 4) is 5.75 Å². The topological polar surface area (TPSA) is 128 Å².